The van der Waals surface area contributed by atoms with Crippen LogP contribution in [0.4, 0.5) is 17.2 Å². The van der Waals surface area contributed by atoms with E-state index in [1.54, 1.807) is 5.51 Å². The molecule has 3 aromatic rings. The van der Waals surface area contributed by atoms with Gasteiger partial charge in [-0.25, -0.2) is 0 Å². The first-order chi connectivity index (χ1) is 15.4. The number of benzene rings is 1. The fraction of sp³-hybridized carbons (Fsp3) is 0.273. The highest BCUT2D eigenvalue weighted by Gasteiger charge is 2.25. The third kappa shape index (κ3) is 4.84. The molecule has 1 aliphatic heterocycles. The summed E-state index contributed by atoms with van der Waals surface area (Å²) in [5.41, 5.74) is 3.65. The van der Waals surface area contributed by atoms with Crippen LogP contribution in [0, 0.1) is 12.8 Å². The zero-order valence-corrected chi connectivity index (χ0v) is 19.1. The molecule has 0 radical (unpaired) electrons. The van der Waals surface area contributed by atoms with Gasteiger partial charge in [0.1, 0.15) is 4.88 Å². The van der Waals surface area contributed by atoms with E-state index in [4.69, 9.17) is 11.6 Å². The smallest absolute Gasteiger partial charge is 0.267 e. The molecular formula is C22H23ClN6O2S. The van der Waals surface area contributed by atoms with E-state index in [-0.39, 0.29) is 11.8 Å². The number of aryl methyl sites for hydroxylation is 1. The molecule has 2 N–H and O–H groups in total. The van der Waals surface area contributed by atoms with Gasteiger partial charge in [-0.3, -0.25) is 19.3 Å². The van der Waals surface area contributed by atoms with Crippen molar-refractivity contribution in [3.05, 3.63) is 64.2 Å². The SMILES string of the molecule is C=CC(=O)N1CCC(Cn2ccc(Nc3ccc(C)c(NC(=O)c4cncs4)c3Cl)n2)C1. The molecule has 1 aromatic carbocycles. The lowest BCUT2D eigenvalue weighted by Crippen LogP contribution is -2.27. The highest BCUT2D eigenvalue weighted by atomic mass is 35.5. The van der Waals surface area contributed by atoms with Crippen molar-refractivity contribution < 1.29 is 9.59 Å². The van der Waals surface area contributed by atoms with Crippen LogP contribution < -0.4 is 10.6 Å². The van der Waals surface area contributed by atoms with Crippen molar-refractivity contribution in [2.75, 3.05) is 23.7 Å². The maximum Gasteiger partial charge on any atom is 0.267 e. The standard InChI is InChI=1S/C22H23ClN6O2S/c1-3-19(30)28-8-6-15(11-28)12-29-9-7-18(27-29)25-16-5-4-14(2)21(20(16)23)26-22(31)17-10-24-13-32-17/h3-5,7,9-10,13,15H,1,6,8,11-12H2,2H3,(H,25,27)(H,26,31). The summed E-state index contributed by atoms with van der Waals surface area (Å²) in [6.45, 7) is 7.61. The molecule has 0 aliphatic carbocycles. The Morgan fingerprint density at radius 2 is 2.22 bits per heavy atom. The first-order valence-corrected chi connectivity index (χ1v) is 11.4. The Labute approximate surface area is 194 Å². The predicted octanol–water partition coefficient (Wildman–Crippen LogP) is 4.33. The number of amides is 2. The van der Waals surface area contributed by atoms with E-state index in [0.29, 0.717) is 39.6 Å². The van der Waals surface area contributed by atoms with Gasteiger partial charge in [0.2, 0.25) is 5.91 Å². The fourth-order valence-corrected chi connectivity index (χ4v) is 4.49. The van der Waals surface area contributed by atoms with Crippen molar-refractivity contribution in [3.8, 4) is 0 Å². The molecule has 32 heavy (non-hydrogen) atoms. The van der Waals surface area contributed by atoms with Crippen molar-refractivity contribution in [1.82, 2.24) is 19.7 Å². The first-order valence-electron chi connectivity index (χ1n) is 10.2. The molecule has 2 amide bonds. The molecule has 0 spiro atoms. The number of nitrogens with one attached hydrogen (secondary N) is 2. The molecule has 1 aliphatic rings. The summed E-state index contributed by atoms with van der Waals surface area (Å²) >= 11 is 7.87. The third-order valence-electron chi connectivity index (χ3n) is 5.37. The molecular weight excluding hydrogens is 448 g/mol. The number of likely N-dealkylation sites (tertiary alicyclic amines) is 1. The second kappa shape index (κ2) is 9.54. The molecule has 166 valence electrons. The molecule has 2 aromatic heterocycles. The Bertz CT molecular complexity index is 1140. The van der Waals surface area contributed by atoms with E-state index >= 15 is 0 Å². The molecule has 1 unspecified atom stereocenters. The number of hydrogen-bond donors (Lipinski definition) is 2. The van der Waals surface area contributed by atoms with Crippen LogP contribution in [0.1, 0.15) is 21.7 Å². The molecule has 1 saturated heterocycles. The van der Waals surface area contributed by atoms with Gasteiger partial charge >= 0.3 is 0 Å². The number of thiazole rings is 1. The van der Waals surface area contributed by atoms with Crippen molar-refractivity contribution in [1.29, 1.82) is 0 Å². The third-order valence-corrected chi connectivity index (χ3v) is 6.53. The highest BCUT2D eigenvalue weighted by Crippen LogP contribution is 2.35. The van der Waals surface area contributed by atoms with Gasteiger partial charge in [-0.2, -0.15) is 5.10 Å². The van der Waals surface area contributed by atoms with Gasteiger partial charge in [0.15, 0.2) is 5.82 Å². The maximum atomic E-state index is 12.4. The van der Waals surface area contributed by atoms with Crippen LogP contribution in [-0.2, 0) is 11.3 Å². The zero-order valence-electron chi connectivity index (χ0n) is 17.5. The Hall–Kier alpha value is -3.17. The summed E-state index contributed by atoms with van der Waals surface area (Å²) in [7, 11) is 0. The number of hydrogen-bond acceptors (Lipinski definition) is 6. The van der Waals surface area contributed by atoms with Crippen molar-refractivity contribution >= 4 is 51.9 Å². The largest absolute Gasteiger partial charge is 0.339 e. The minimum atomic E-state index is -0.250. The molecule has 1 fully saturated rings. The van der Waals surface area contributed by atoms with Crippen molar-refractivity contribution in [3.63, 3.8) is 0 Å². The van der Waals surface area contributed by atoms with Crippen LogP contribution in [0.2, 0.25) is 5.02 Å². The summed E-state index contributed by atoms with van der Waals surface area (Å²) in [6.07, 6.45) is 5.72. The second-order valence-electron chi connectivity index (χ2n) is 7.63. The van der Waals surface area contributed by atoms with Gasteiger partial charge in [-0.15, -0.1) is 11.3 Å². The van der Waals surface area contributed by atoms with Crippen LogP contribution in [-0.4, -0.2) is 44.6 Å². The molecule has 0 bridgehead atoms. The molecule has 3 heterocycles. The summed E-state index contributed by atoms with van der Waals surface area (Å²) in [6, 6.07) is 5.61. The van der Waals surface area contributed by atoms with Gasteiger partial charge in [0.25, 0.3) is 5.91 Å². The molecule has 4 rings (SSSR count). The summed E-state index contributed by atoms with van der Waals surface area (Å²) < 4.78 is 1.86. The first kappa shape index (κ1) is 22.0. The normalized spacial score (nSPS) is 15.6. The minimum absolute atomic E-state index is 0.0254. The van der Waals surface area contributed by atoms with E-state index in [0.717, 1.165) is 25.1 Å². The second-order valence-corrected chi connectivity index (χ2v) is 8.89. The average molecular weight is 471 g/mol. The van der Waals surface area contributed by atoms with Crippen LogP contribution >= 0.6 is 22.9 Å². The number of aromatic nitrogens is 3. The zero-order chi connectivity index (χ0) is 22.7. The summed E-state index contributed by atoms with van der Waals surface area (Å²) in [5.74, 6) is 0.720. The van der Waals surface area contributed by atoms with Crippen molar-refractivity contribution in [2.24, 2.45) is 5.92 Å². The number of carbonyl (C=O) groups is 2. The summed E-state index contributed by atoms with van der Waals surface area (Å²) in [4.78, 5) is 30.5. The number of anilines is 3. The Morgan fingerprint density at radius 1 is 1.38 bits per heavy atom. The van der Waals surface area contributed by atoms with Gasteiger partial charge in [0, 0.05) is 31.9 Å². The van der Waals surface area contributed by atoms with Gasteiger partial charge in [-0.05, 0) is 37.0 Å². The molecule has 10 heteroatoms. The van der Waals surface area contributed by atoms with E-state index in [1.165, 1.54) is 23.6 Å². The molecule has 8 nitrogen and oxygen atoms in total. The summed E-state index contributed by atoms with van der Waals surface area (Å²) in [5, 5.41) is 11.1. The average Bonchev–Trinajstić information content (AvgIpc) is 3.55. The van der Waals surface area contributed by atoms with Crippen LogP contribution in [0.25, 0.3) is 0 Å². The minimum Gasteiger partial charge on any atom is -0.339 e. The Kier molecular flexibility index (Phi) is 6.57. The van der Waals surface area contributed by atoms with Gasteiger partial charge in [-0.1, -0.05) is 24.2 Å². The Morgan fingerprint density at radius 3 is 2.97 bits per heavy atom. The fourth-order valence-electron chi connectivity index (χ4n) is 3.67. The molecule has 0 saturated carbocycles. The highest BCUT2D eigenvalue weighted by molar-refractivity contribution is 7.11. The van der Waals surface area contributed by atoms with E-state index in [2.05, 4.69) is 27.3 Å². The van der Waals surface area contributed by atoms with Crippen LogP contribution in [0.5, 0.6) is 0 Å². The molecule has 1 atom stereocenters. The quantitative estimate of drug-likeness (QED) is 0.501. The number of carbonyl (C=O) groups excluding carboxylic acids is 2. The lowest BCUT2D eigenvalue weighted by atomic mass is 10.1. The van der Waals surface area contributed by atoms with E-state index in [9.17, 15) is 9.59 Å². The predicted molar refractivity (Wildman–Crippen MR) is 127 cm³/mol. The van der Waals surface area contributed by atoms with Crippen LogP contribution in [0.3, 0.4) is 0 Å². The van der Waals surface area contributed by atoms with Gasteiger partial charge in [0.05, 0.1) is 28.1 Å². The number of halogens is 1. The lowest BCUT2D eigenvalue weighted by molar-refractivity contribution is -0.125. The lowest BCUT2D eigenvalue weighted by Gasteiger charge is -2.14. The number of rotatable bonds is 7. The van der Waals surface area contributed by atoms with E-state index in [1.807, 2.05) is 40.9 Å². The maximum absolute atomic E-state index is 12.4. The van der Waals surface area contributed by atoms with Crippen molar-refractivity contribution in [2.45, 2.75) is 19.9 Å². The topological polar surface area (TPSA) is 92.2 Å². The van der Waals surface area contributed by atoms with Crippen LogP contribution in [0.15, 0.2) is 48.8 Å². The van der Waals surface area contributed by atoms with E-state index < -0.39 is 0 Å². The van der Waals surface area contributed by atoms with Gasteiger partial charge < -0.3 is 15.5 Å². The Balaban J connectivity index is 1.42. The monoisotopic (exact) mass is 470 g/mol. The number of nitrogens with zero attached hydrogens (tertiary/aromatic N) is 4.